The summed E-state index contributed by atoms with van der Waals surface area (Å²) in [6, 6.07) is 9.78. The van der Waals surface area contributed by atoms with Gasteiger partial charge in [0, 0.05) is 16.6 Å². The number of nitrogens with one attached hydrogen (secondary N) is 1. The summed E-state index contributed by atoms with van der Waals surface area (Å²) in [6.07, 6.45) is 5.21. The average Bonchev–Trinajstić information content (AvgIpc) is 2.45. The van der Waals surface area contributed by atoms with E-state index in [1.807, 2.05) is 30.3 Å². The van der Waals surface area contributed by atoms with Crippen LogP contribution in [0.2, 0.25) is 0 Å². The number of benzene rings is 1. The third-order valence-electron chi connectivity index (χ3n) is 2.48. The molecule has 0 aliphatic heterocycles. The fourth-order valence-electron chi connectivity index (χ4n) is 1.58. The Morgan fingerprint density at radius 2 is 2.00 bits per heavy atom. The Kier molecular flexibility index (Phi) is 4.50. The van der Waals surface area contributed by atoms with Gasteiger partial charge in [-0.3, -0.25) is 0 Å². The molecule has 4 nitrogen and oxygen atoms in total. The van der Waals surface area contributed by atoms with Crippen LogP contribution in [0.4, 0.5) is 5.95 Å². The van der Waals surface area contributed by atoms with Crippen LogP contribution in [0, 0.1) is 12.3 Å². The second-order valence-electron chi connectivity index (χ2n) is 3.84. The third-order valence-corrected chi connectivity index (χ3v) is 3.01. The zero-order valence-electron chi connectivity index (χ0n) is 10.2. The summed E-state index contributed by atoms with van der Waals surface area (Å²) in [6.45, 7) is 0.741. The van der Waals surface area contributed by atoms with Crippen LogP contribution in [0.3, 0.4) is 0 Å². The zero-order valence-corrected chi connectivity index (χ0v) is 11.8. The van der Waals surface area contributed by atoms with Crippen molar-refractivity contribution >= 4 is 21.9 Å². The van der Waals surface area contributed by atoms with Crippen molar-refractivity contribution in [1.29, 1.82) is 0 Å². The molecule has 0 saturated heterocycles. The lowest BCUT2D eigenvalue weighted by molar-refractivity contribution is 0.965. The molecule has 2 rings (SSSR count). The van der Waals surface area contributed by atoms with E-state index in [2.05, 4.69) is 37.1 Å². The first-order chi connectivity index (χ1) is 9.22. The molecule has 0 spiro atoms. The van der Waals surface area contributed by atoms with Crippen molar-refractivity contribution in [2.24, 2.45) is 5.73 Å². The van der Waals surface area contributed by atoms with Crippen molar-refractivity contribution in [2.45, 2.75) is 6.54 Å². The lowest BCUT2D eigenvalue weighted by Gasteiger charge is -2.07. The summed E-state index contributed by atoms with van der Waals surface area (Å²) in [5, 5.41) is 2.97. The van der Waals surface area contributed by atoms with E-state index in [1.54, 1.807) is 0 Å². The average molecular weight is 317 g/mol. The lowest BCUT2D eigenvalue weighted by atomic mass is 10.1. The second kappa shape index (κ2) is 6.32. The highest BCUT2D eigenvalue weighted by atomic mass is 79.9. The molecule has 0 fully saturated rings. The Morgan fingerprint density at radius 3 is 2.63 bits per heavy atom. The minimum absolute atomic E-state index is 0.358. The van der Waals surface area contributed by atoms with Gasteiger partial charge in [0.25, 0.3) is 0 Å². The minimum atomic E-state index is 0.358. The van der Waals surface area contributed by atoms with Crippen LogP contribution in [0.5, 0.6) is 0 Å². The number of rotatable bonds is 4. The molecule has 1 aromatic heterocycles. The third kappa shape index (κ3) is 3.53. The van der Waals surface area contributed by atoms with Gasteiger partial charge in [-0.2, -0.15) is 0 Å². The Labute approximate surface area is 120 Å². The Hall–Kier alpha value is -1.90. The van der Waals surface area contributed by atoms with Crippen LogP contribution in [-0.4, -0.2) is 16.5 Å². The molecule has 1 aromatic carbocycles. The van der Waals surface area contributed by atoms with E-state index in [0.29, 0.717) is 19.0 Å². The summed E-state index contributed by atoms with van der Waals surface area (Å²) in [7, 11) is 0. The van der Waals surface area contributed by atoms with Gasteiger partial charge in [0.1, 0.15) is 0 Å². The summed E-state index contributed by atoms with van der Waals surface area (Å²) in [5.74, 6) is 2.99. The van der Waals surface area contributed by atoms with Crippen molar-refractivity contribution in [2.75, 3.05) is 11.9 Å². The van der Waals surface area contributed by atoms with Crippen LogP contribution in [0.25, 0.3) is 11.3 Å². The SMILES string of the molecule is C#CCNc1nc(CN)cc(-c2ccc(Br)cc2)n1. The molecule has 0 unspecified atom stereocenters. The predicted octanol–water partition coefficient (Wildman–Crippen LogP) is 2.41. The number of hydrogen-bond donors (Lipinski definition) is 2. The van der Waals surface area contributed by atoms with Crippen LogP contribution in [-0.2, 0) is 6.54 Å². The van der Waals surface area contributed by atoms with Crippen molar-refractivity contribution < 1.29 is 0 Å². The van der Waals surface area contributed by atoms with Crippen molar-refractivity contribution in [3.05, 3.63) is 40.5 Å². The normalized spacial score (nSPS) is 9.95. The Morgan fingerprint density at radius 1 is 1.26 bits per heavy atom. The van der Waals surface area contributed by atoms with Gasteiger partial charge >= 0.3 is 0 Å². The van der Waals surface area contributed by atoms with E-state index in [0.717, 1.165) is 21.4 Å². The molecule has 96 valence electrons. The predicted molar refractivity (Wildman–Crippen MR) is 80.4 cm³/mol. The summed E-state index contributed by atoms with van der Waals surface area (Å²) in [4.78, 5) is 8.71. The molecule has 0 amide bonds. The Balaban J connectivity index is 2.39. The standard InChI is InChI=1S/C14H13BrN4/c1-2-7-17-14-18-12(9-16)8-13(19-14)10-3-5-11(15)6-4-10/h1,3-6,8H,7,9,16H2,(H,17,18,19). The quantitative estimate of drug-likeness (QED) is 0.850. The number of nitrogens with two attached hydrogens (primary N) is 1. The number of terminal acetylenes is 1. The molecule has 19 heavy (non-hydrogen) atoms. The van der Waals surface area contributed by atoms with E-state index in [1.165, 1.54) is 0 Å². The van der Waals surface area contributed by atoms with E-state index in [9.17, 15) is 0 Å². The largest absolute Gasteiger partial charge is 0.343 e. The molecule has 0 aliphatic carbocycles. The van der Waals surface area contributed by atoms with Crippen LogP contribution >= 0.6 is 15.9 Å². The zero-order chi connectivity index (χ0) is 13.7. The first-order valence-corrected chi connectivity index (χ1v) is 6.53. The van der Waals surface area contributed by atoms with Gasteiger partial charge in [0.2, 0.25) is 5.95 Å². The van der Waals surface area contributed by atoms with Gasteiger partial charge in [0.05, 0.1) is 17.9 Å². The topological polar surface area (TPSA) is 63.8 Å². The van der Waals surface area contributed by atoms with Crippen LogP contribution in [0.1, 0.15) is 5.69 Å². The van der Waals surface area contributed by atoms with E-state index in [-0.39, 0.29) is 0 Å². The van der Waals surface area contributed by atoms with E-state index >= 15 is 0 Å². The summed E-state index contributed by atoms with van der Waals surface area (Å²) in [5.41, 5.74) is 8.25. The fourth-order valence-corrected chi connectivity index (χ4v) is 1.84. The molecular weight excluding hydrogens is 304 g/mol. The number of halogens is 1. The van der Waals surface area contributed by atoms with Crippen molar-refractivity contribution in [1.82, 2.24) is 9.97 Å². The van der Waals surface area contributed by atoms with Crippen LogP contribution < -0.4 is 11.1 Å². The van der Waals surface area contributed by atoms with Gasteiger partial charge < -0.3 is 11.1 Å². The van der Waals surface area contributed by atoms with E-state index < -0.39 is 0 Å². The number of anilines is 1. The van der Waals surface area contributed by atoms with Gasteiger partial charge in [-0.15, -0.1) is 6.42 Å². The lowest BCUT2D eigenvalue weighted by Crippen LogP contribution is -2.08. The Bertz CT molecular complexity index is 602. The fraction of sp³-hybridized carbons (Fsp3) is 0.143. The number of nitrogens with zero attached hydrogens (tertiary/aromatic N) is 2. The first-order valence-electron chi connectivity index (χ1n) is 5.74. The van der Waals surface area contributed by atoms with Gasteiger partial charge in [-0.1, -0.05) is 34.0 Å². The highest BCUT2D eigenvalue weighted by Gasteiger charge is 2.05. The van der Waals surface area contributed by atoms with Crippen molar-refractivity contribution in [3.8, 4) is 23.6 Å². The van der Waals surface area contributed by atoms with Gasteiger partial charge in [-0.05, 0) is 18.2 Å². The molecule has 0 atom stereocenters. The molecule has 1 heterocycles. The van der Waals surface area contributed by atoms with Gasteiger partial charge in [0.15, 0.2) is 0 Å². The second-order valence-corrected chi connectivity index (χ2v) is 4.75. The molecule has 0 saturated carbocycles. The highest BCUT2D eigenvalue weighted by molar-refractivity contribution is 9.10. The molecule has 3 N–H and O–H groups in total. The molecular formula is C14H13BrN4. The van der Waals surface area contributed by atoms with Gasteiger partial charge in [-0.25, -0.2) is 9.97 Å². The highest BCUT2D eigenvalue weighted by Crippen LogP contribution is 2.21. The monoisotopic (exact) mass is 316 g/mol. The summed E-state index contributed by atoms with van der Waals surface area (Å²) >= 11 is 3.41. The van der Waals surface area contributed by atoms with Crippen LogP contribution in [0.15, 0.2) is 34.8 Å². The molecule has 2 aromatic rings. The minimum Gasteiger partial charge on any atom is -0.343 e. The first kappa shape index (κ1) is 13.5. The number of aromatic nitrogens is 2. The molecule has 5 heteroatoms. The smallest absolute Gasteiger partial charge is 0.224 e. The van der Waals surface area contributed by atoms with E-state index in [4.69, 9.17) is 12.2 Å². The maximum Gasteiger partial charge on any atom is 0.224 e. The molecule has 0 bridgehead atoms. The molecule has 0 radical (unpaired) electrons. The molecule has 0 aliphatic rings. The maximum atomic E-state index is 5.65. The number of hydrogen-bond acceptors (Lipinski definition) is 4. The van der Waals surface area contributed by atoms with Crippen molar-refractivity contribution in [3.63, 3.8) is 0 Å². The maximum absolute atomic E-state index is 5.65. The summed E-state index contributed by atoms with van der Waals surface area (Å²) < 4.78 is 1.02.